The van der Waals surface area contributed by atoms with Gasteiger partial charge in [0.15, 0.2) is 0 Å². The minimum absolute atomic E-state index is 0.412. The summed E-state index contributed by atoms with van der Waals surface area (Å²) in [4.78, 5) is 24.7. The number of methoxy groups -OCH3 is 1. The summed E-state index contributed by atoms with van der Waals surface area (Å²) in [6.45, 7) is 0. The van der Waals surface area contributed by atoms with Crippen LogP contribution in [0.15, 0.2) is 53.4 Å². The van der Waals surface area contributed by atoms with E-state index in [1.807, 2.05) is 18.4 Å². The molecule has 0 aromatic heterocycles. The number of rotatable bonds is 4. The lowest BCUT2D eigenvalue weighted by Crippen LogP contribution is -2.43. The number of nitrogens with one attached hydrogen (secondary N) is 3. The quantitative estimate of drug-likeness (QED) is 0.594. The molecule has 2 aromatic rings. The molecule has 0 spiro atoms. The van der Waals surface area contributed by atoms with Gasteiger partial charge in [-0.3, -0.25) is 10.2 Å². The van der Waals surface area contributed by atoms with Crippen LogP contribution in [0, 0.1) is 0 Å². The Morgan fingerprint density at radius 2 is 1.61 bits per heavy atom. The number of urea groups is 1. The number of hydrogen-bond acceptors (Lipinski definition) is 4. The second-order valence-corrected chi connectivity index (χ2v) is 5.37. The first-order valence-corrected chi connectivity index (χ1v) is 8.00. The molecule has 0 aliphatic rings. The third-order valence-electron chi connectivity index (χ3n) is 2.99. The van der Waals surface area contributed by atoms with E-state index < -0.39 is 11.9 Å². The maximum Gasteiger partial charge on any atom is 0.337 e. The zero-order chi connectivity index (χ0) is 16.7. The summed E-state index contributed by atoms with van der Waals surface area (Å²) >= 11 is 1.62. The smallest absolute Gasteiger partial charge is 0.337 e. The summed E-state index contributed by atoms with van der Waals surface area (Å²) in [5.74, 6) is 0.237. The number of ether oxygens (including phenoxy) is 1. The van der Waals surface area contributed by atoms with E-state index in [0.717, 1.165) is 4.90 Å². The van der Waals surface area contributed by atoms with Crippen molar-refractivity contribution in [3.8, 4) is 5.75 Å². The molecule has 0 heterocycles. The summed E-state index contributed by atoms with van der Waals surface area (Å²) in [6.07, 6.45) is 1.98. The first-order chi connectivity index (χ1) is 11.1. The Balaban J connectivity index is 1.83. The SMILES string of the molecule is COc1ccc(C(=O)NNC(=O)Nc2ccc(SC)cc2)cc1. The largest absolute Gasteiger partial charge is 0.497 e. The van der Waals surface area contributed by atoms with Crippen molar-refractivity contribution in [3.63, 3.8) is 0 Å². The highest BCUT2D eigenvalue weighted by atomic mass is 32.2. The van der Waals surface area contributed by atoms with Crippen LogP contribution in [0.5, 0.6) is 5.75 Å². The van der Waals surface area contributed by atoms with E-state index in [9.17, 15) is 9.59 Å². The molecule has 23 heavy (non-hydrogen) atoms. The van der Waals surface area contributed by atoms with E-state index >= 15 is 0 Å². The van der Waals surface area contributed by atoms with Gasteiger partial charge in [-0.15, -0.1) is 11.8 Å². The number of amides is 3. The van der Waals surface area contributed by atoms with Gasteiger partial charge in [-0.05, 0) is 54.8 Å². The molecule has 2 aromatic carbocycles. The van der Waals surface area contributed by atoms with Gasteiger partial charge in [-0.25, -0.2) is 10.2 Å². The maximum absolute atomic E-state index is 11.9. The van der Waals surface area contributed by atoms with Gasteiger partial charge in [-0.1, -0.05) is 0 Å². The van der Waals surface area contributed by atoms with Gasteiger partial charge in [0.05, 0.1) is 7.11 Å². The fraction of sp³-hybridized carbons (Fsp3) is 0.125. The van der Waals surface area contributed by atoms with Gasteiger partial charge in [-0.2, -0.15) is 0 Å². The minimum atomic E-state index is -0.524. The second-order valence-electron chi connectivity index (χ2n) is 4.49. The van der Waals surface area contributed by atoms with Crippen molar-refractivity contribution in [3.05, 3.63) is 54.1 Å². The normalized spacial score (nSPS) is 9.83. The Morgan fingerprint density at radius 3 is 2.17 bits per heavy atom. The predicted octanol–water partition coefficient (Wildman–Crippen LogP) is 2.88. The van der Waals surface area contributed by atoms with Crippen LogP contribution in [0.3, 0.4) is 0 Å². The molecule has 6 nitrogen and oxygen atoms in total. The van der Waals surface area contributed by atoms with E-state index in [4.69, 9.17) is 4.74 Å². The van der Waals surface area contributed by atoms with Crippen molar-refractivity contribution in [1.29, 1.82) is 0 Å². The lowest BCUT2D eigenvalue weighted by atomic mass is 10.2. The molecule has 0 bridgehead atoms. The van der Waals surface area contributed by atoms with Crippen LogP contribution in [0.2, 0.25) is 0 Å². The van der Waals surface area contributed by atoms with E-state index in [2.05, 4.69) is 16.2 Å². The first-order valence-electron chi connectivity index (χ1n) is 6.78. The standard InChI is InChI=1S/C16H17N3O3S/c1-22-13-7-3-11(4-8-13)15(20)18-19-16(21)17-12-5-9-14(23-2)10-6-12/h3-10H,1-2H3,(H,18,20)(H2,17,19,21). The zero-order valence-electron chi connectivity index (χ0n) is 12.8. The summed E-state index contributed by atoms with van der Waals surface area (Å²) in [5, 5.41) is 2.62. The molecule has 0 saturated carbocycles. The van der Waals surface area contributed by atoms with Crippen LogP contribution in [-0.4, -0.2) is 25.3 Å². The van der Waals surface area contributed by atoms with E-state index in [-0.39, 0.29) is 0 Å². The highest BCUT2D eigenvalue weighted by molar-refractivity contribution is 7.98. The second kappa shape index (κ2) is 8.09. The summed E-state index contributed by atoms with van der Waals surface area (Å²) < 4.78 is 5.02. The lowest BCUT2D eigenvalue weighted by Gasteiger charge is -2.09. The number of hydrogen-bond donors (Lipinski definition) is 3. The van der Waals surface area contributed by atoms with Crippen molar-refractivity contribution in [2.75, 3.05) is 18.7 Å². The average molecular weight is 331 g/mol. The van der Waals surface area contributed by atoms with Gasteiger partial charge in [0.25, 0.3) is 5.91 Å². The molecule has 0 fully saturated rings. The predicted molar refractivity (Wildman–Crippen MR) is 90.8 cm³/mol. The number of thioether (sulfide) groups is 1. The van der Waals surface area contributed by atoms with Crippen molar-refractivity contribution >= 4 is 29.4 Å². The van der Waals surface area contributed by atoms with Gasteiger partial charge in [0.2, 0.25) is 0 Å². The number of anilines is 1. The molecule has 0 radical (unpaired) electrons. The third-order valence-corrected chi connectivity index (χ3v) is 3.73. The highest BCUT2D eigenvalue weighted by Crippen LogP contribution is 2.17. The molecular weight excluding hydrogens is 314 g/mol. The van der Waals surface area contributed by atoms with Crippen molar-refractivity contribution in [2.45, 2.75) is 4.90 Å². The molecule has 7 heteroatoms. The minimum Gasteiger partial charge on any atom is -0.497 e. The van der Waals surface area contributed by atoms with E-state index in [1.165, 1.54) is 0 Å². The van der Waals surface area contributed by atoms with Crippen LogP contribution < -0.4 is 20.9 Å². The van der Waals surface area contributed by atoms with Gasteiger partial charge in [0.1, 0.15) is 5.75 Å². The van der Waals surface area contributed by atoms with E-state index in [0.29, 0.717) is 17.0 Å². The molecule has 0 unspecified atom stereocenters. The topological polar surface area (TPSA) is 79.5 Å². The number of benzene rings is 2. The maximum atomic E-state index is 11.9. The Hall–Kier alpha value is -2.67. The zero-order valence-corrected chi connectivity index (χ0v) is 13.6. The number of carbonyl (C=O) groups excluding carboxylic acids is 2. The molecule has 120 valence electrons. The number of hydrazine groups is 1. The fourth-order valence-corrected chi connectivity index (χ4v) is 2.17. The fourth-order valence-electron chi connectivity index (χ4n) is 1.76. The molecule has 0 aliphatic carbocycles. The third kappa shape index (κ3) is 4.93. The summed E-state index contributed by atoms with van der Waals surface area (Å²) in [5.41, 5.74) is 5.68. The molecular formula is C16H17N3O3S. The summed E-state index contributed by atoms with van der Waals surface area (Å²) in [7, 11) is 1.55. The molecule has 0 saturated heterocycles. The van der Waals surface area contributed by atoms with Crippen LogP contribution in [-0.2, 0) is 0 Å². The molecule has 0 aliphatic heterocycles. The Bertz CT molecular complexity index is 672. The summed E-state index contributed by atoms with van der Waals surface area (Å²) in [6, 6.07) is 13.4. The van der Waals surface area contributed by atoms with Crippen LogP contribution >= 0.6 is 11.8 Å². The molecule has 3 amide bonds. The van der Waals surface area contributed by atoms with Gasteiger partial charge >= 0.3 is 6.03 Å². The number of carbonyl (C=O) groups is 2. The van der Waals surface area contributed by atoms with Gasteiger partial charge < -0.3 is 10.1 Å². The monoisotopic (exact) mass is 331 g/mol. The molecule has 0 atom stereocenters. The Labute approximate surface area is 138 Å². The van der Waals surface area contributed by atoms with Crippen LogP contribution in [0.1, 0.15) is 10.4 Å². The van der Waals surface area contributed by atoms with E-state index in [1.54, 1.807) is 55.3 Å². The average Bonchev–Trinajstić information content (AvgIpc) is 2.60. The highest BCUT2D eigenvalue weighted by Gasteiger charge is 2.07. The van der Waals surface area contributed by atoms with Crippen LogP contribution in [0.4, 0.5) is 10.5 Å². The Kier molecular flexibility index (Phi) is 5.87. The van der Waals surface area contributed by atoms with Crippen LogP contribution in [0.25, 0.3) is 0 Å². The van der Waals surface area contributed by atoms with Crippen molar-refractivity contribution < 1.29 is 14.3 Å². The molecule has 3 N–H and O–H groups in total. The molecule has 2 rings (SSSR count). The Morgan fingerprint density at radius 1 is 0.957 bits per heavy atom. The van der Waals surface area contributed by atoms with Crippen molar-refractivity contribution in [2.24, 2.45) is 0 Å². The van der Waals surface area contributed by atoms with Gasteiger partial charge in [0, 0.05) is 16.1 Å². The van der Waals surface area contributed by atoms with Crippen molar-refractivity contribution in [1.82, 2.24) is 10.9 Å². The first kappa shape index (κ1) is 16.7. The lowest BCUT2D eigenvalue weighted by molar-refractivity contribution is 0.0938.